The van der Waals surface area contributed by atoms with Crippen LogP contribution in [-0.2, 0) is 13.8 Å². The fraction of sp³-hybridized carbons (Fsp3) is 0.462. The molecule has 1 aromatic carbocycles. The number of amides is 1. The van der Waals surface area contributed by atoms with Gasteiger partial charge in [0.15, 0.2) is 0 Å². The van der Waals surface area contributed by atoms with Crippen LogP contribution in [0.15, 0.2) is 17.0 Å². The number of benzene rings is 1. The number of rotatable bonds is 2. The van der Waals surface area contributed by atoms with Gasteiger partial charge in [0.1, 0.15) is 0 Å². The Bertz CT molecular complexity index is 636. The molecular weight excluding hydrogens is 302 g/mol. The summed E-state index contributed by atoms with van der Waals surface area (Å²) in [4.78, 5) is 14.1. The molecular formula is C13H16ClNO4S. The Kier molecular flexibility index (Phi) is 4.36. The summed E-state index contributed by atoms with van der Waals surface area (Å²) in [5.74, 6) is -0.188. The lowest BCUT2D eigenvalue weighted by atomic mass is 10.0. The number of carbonyl (C=O) groups excluding carboxylic acids is 1. The molecule has 0 atom stereocenters. The van der Waals surface area contributed by atoms with E-state index in [1.54, 1.807) is 24.8 Å². The van der Waals surface area contributed by atoms with Gasteiger partial charge in [0.2, 0.25) is 0 Å². The second-order valence-electron chi connectivity index (χ2n) is 4.78. The Balaban J connectivity index is 2.43. The molecule has 1 heterocycles. The summed E-state index contributed by atoms with van der Waals surface area (Å²) >= 11 is 0. The number of hydrogen-bond acceptors (Lipinski definition) is 4. The van der Waals surface area contributed by atoms with E-state index in [0.29, 0.717) is 37.4 Å². The topological polar surface area (TPSA) is 63.7 Å². The molecule has 1 aliphatic rings. The number of carbonyl (C=O) groups is 1. The van der Waals surface area contributed by atoms with Gasteiger partial charge in [0.25, 0.3) is 15.0 Å². The molecule has 5 nitrogen and oxygen atoms in total. The Morgan fingerprint density at radius 2 is 1.80 bits per heavy atom. The van der Waals surface area contributed by atoms with Gasteiger partial charge in [-0.1, -0.05) is 6.07 Å². The fourth-order valence-electron chi connectivity index (χ4n) is 2.26. The highest BCUT2D eigenvalue weighted by molar-refractivity contribution is 8.13. The van der Waals surface area contributed by atoms with Crippen molar-refractivity contribution < 1.29 is 17.9 Å². The van der Waals surface area contributed by atoms with Gasteiger partial charge in [0.05, 0.1) is 18.1 Å². The molecule has 1 saturated heterocycles. The van der Waals surface area contributed by atoms with Crippen molar-refractivity contribution in [3.63, 3.8) is 0 Å². The van der Waals surface area contributed by atoms with E-state index in [0.717, 1.165) is 5.56 Å². The molecule has 0 aliphatic carbocycles. The van der Waals surface area contributed by atoms with E-state index in [4.69, 9.17) is 15.4 Å². The average molecular weight is 318 g/mol. The maximum Gasteiger partial charge on any atom is 0.261 e. The number of hydrogen-bond donors (Lipinski definition) is 0. The number of morpholine rings is 1. The lowest BCUT2D eigenvalue weighted by Gasteiger charge is -2.27. The lowest BCUT2D eigenvalue weighted by Crippen LogP contribution is -2.41. The second-order valence-corrected chi connectivity index (χ2v) is 7.31. The van der Waals surface area contributed by atoms with Gasteiger partial charge >= 0.3 is 0 Å². The third-order valence-corrected chi connectivity index (χ3v) is 4.78. The van der Waals surface area contributed by atoms with Crippen molar-refractivity contribution >= 4 is 25.6 Å². The summed E-state index contributed by atoms with van der Waals surface area (Å²) in [6, 6.07) is 3.04. The second kappa shape index (κ2) is 5.71. The Morgan fingerprint density at radius 1 is 1.20 bits per heavy atom. The van der Waals surface area contributed by atoms with Crippen LogP contribution in [0, 0.1) is 13.8 Å². The molecule has 0 unspecified atom stereocenters. The maximum atomic E-state index is 12.4. The van der Waals surface area contributed by atoms with Crippen LogP contribution in [0.3, 0.4) is 0 Å². The first-order chi connectivity index (χ1) is 9.30. The zero-order valence-corrected chi connectivity index (χ0v) is 12.9. The zero-order valence-electron chi connectivity index (χ0n) is 11.3. The van der Waals surface area contributed by atoms with Gasteiger partial charge in [-0.05, 0) is 31.0 Å². The van der Waals surface area contributed by atoms with E-state index in [9.17, 15) is 13.2 Å². The van der Waals surface area contributed by atoms with Gasteiger partial charge < -0.3 is 9.64 Å². The molecule has 0 N–H and O–H groups in total. The molecule has 0 aromatic heterocycles. The van der Waals surface area contributed by atoms with Crippen LogP contribution in [0.4, 0.5) is 0 Å². The summed E-state index contributed by atoms with van der Waals surface area (Å²) in [6.45, 7) is 5.45. The lowest BCUT2D eigenvalue weighted by molar-refractivity contribution is 0.0302. The Morgan fingerprint density at radius 3 is 2.35 bits per heavy atom. The van der Waals surface area contributed by atoms with Gasteiger partial charge in [-0.25, -0.2) is 8.42 Å². The van der Waals surface area contributed by atoms with E-state index in [2.05, 4.69) is 0 Å². The molecule has 1 aliphatic heterocycles. The van der Waals surface area contributed by atoms with Gasteiger partial charge in [0, 0.05) is 29.3 Å². The highest BCUT2D eigenvalue weighted by Gasteiger charge is 2.23. The van der Waals surface area contributed by atoms with Crippen molar-refractivity contribution in [2.75, 3.05) is 26.3 Å². The van der Waals surface area contributed by atoms with Crippen molar-refractivity contribution in [3.05, 3.63) is 28.8 Å². The molecule has 7 heteroatoms. The standard InChI is InChI=1S/C13H16ClNO4S/c1-9-7-10(2)12(20(14,17)18)8-11(9)13(16)15-3-5-19-6-4-15/h7-8H,3-6H2,1-2H3. The average Bonchev–Trinajstić information content (AvgIpc) is 2.37. The van der Waals surface area contributed by atoms with Gasteiger partial charge in [-0.15, -0.1) is 0 Å². The third-order valence-electron chi connectivity index (χ3n) is 3.31. The first-order valence-electron chi connectivity index (χ1n) is 6.23. The number of halogens is 1. The Labute approximate surface area is 122 Å². The highest BCUT2D eigenvalue weighted by atomic mass is 35.7. The zero-order chi connectivity index (χ0) is 14.9. The van der Waals surface area contributed by atoms with Crippen molar-refractivity contribution in [3.8, 4) is 0 Å². The molecule has 1 fully saturated rings. The van der Waals surface area contributed by atoms with Crippen molar-refractivity contribution in [2.45, 2.75) is 18.7 Å². The largest absolute Gasteiger partial charge is 0.378 e. The van der Waals surface area contributed by atoms with Crippen molar-refractivity contribution in [1.29, 1.82) is 0 Å². The number of ether oxygens (including phenoxy) is 1. The monoisotopic (exact) mass is 317 g/mol. The molecule has 2 rings (SSSR count). The molecule has 20 heavy (non-hydrogen) atoms. The normalized spacial score (nSPS) is 16.2. The minimum atomic E-state index is -3.86. The molecule has 1 aromatic rings. The number of nitrogens with zero attached hydrogens (tertiary/aromatic N) is 1. The van der Waals surface area contributed by atoms with Crippen LogP contribution in [-0.4, -0.2) is 45.5 Å². The molecule has 110 valence electrons. The SMILES string of the molecule is Cc1cc(C)c(S(=O)(=O)Cl)cc1C(=O)N1CCOCC1. The van der Waals surface area contributed by atoms with E-state index in [-0.39, 0.29) is 10.8 Å². The molecule has 1 amide bonds. The summed E-state index contributed by atoms with van der Waals surface area (Å²) < 4.78 is 28.3. The molecule has 0 radical (unpaired) electrons. The van der Waals surface area contributed by atoms with Crippen molar-refractivity contribution in [1.82, 2.24) is 4.90 Å². The van der Waals surface area contributed by atoms with Crippen LogP contribution in [0.1, 0.15) is 21.5 Å². The first-order valence-corrected chi connectivity index (χ1v) is 8.54. The molecule has 0 saturated carbocycles. The smallest absolute Gasteiger partial charge is 0.261 e. The maximum absolute atomic E-state index is 12.4. The van der Waals surface area contributed by atoms with Gasteiger partial charge in [-0.2, -0.15) is 0 Å². The third kappa shape index (κ3) is 3.13. The molecule has 0 bridgehead atoms. The predicted octanol–water partition coefficient (Wildman–Crippen LogP) is 1.70. The number of aryl methyl sites for hydroxylation is 2. The summed E-state index contributed by atoms with van der Waals surface area (Å²) in [7, 11) is 1.55. The predicted molar refractivity (Wildman–Crippen MR) is 75.7 cm³/mol. The molecule has 0 spiro atoms. The van der Waals surface area contributed by atoms with E-state index >= 15 is 0 Å². The van der Waals surface area contributed by atoms with Crippen molar-refractivity contribution in [2.24, 2.45) is 0 Å². The van der Waals surface area contributed by atoms with Crippen LogP contribution in [0.2, 0.25) is 0 Å². The van der Waals surface area contributed by atoms with Crippen LogP contribution < -0.4 is 0 Å². The van der Waals surface area contributed by atoms with Crippen LogP contribution >= 0.6 is 10.7 Å². The summed E-state index contributed by atoms with van der Waals surface area (Å²) in [5, 5.41) is 0. The minimum absolute atomic E-state index is 0.0126. The minimum Gasteiger partial charge on any atom is -0.378 e. The Hall–Kier alpha value is -1.11. The van der Waals surface area contributed by atoms with Gasteiger partial charge in [-0.3, -0.25) is 4.79 Å². The fourth-order valence-corrected chi connectivity index (χ4v) is 3.46. The first kappa shape index (κ1) is 15.3. The van der Waals surface area contributed by atoms with Crippen LogP contribution in [0.5, 0.6) is 0 Å². The van der Waals surface area contributed by atoms with E-state index in [1.807, 2.05) is 0 Å². The quantitative estimate of drug-likeness (QED) is 0.779. The van der Waals surface area contributed by atoms with Crippen LogP contribution in [0.25, 0.3) is 0 Å². The summed E-state index contributed by atoms with van der Waals surface area (Å²) in [5.41, 5.74) is 1.65. The van der Waals surface area contributed by atoms with E-state index < -0.39 is 9.05 Å². The summed E-state index contributed by atoms with van der Waals surface area (Å²) in [6.07, 6.45) is 0. The van der Waals surface area contributed by atoms with E-state index in [1.165, 1.54) is 6.07 Å². The highest BCUT2D eigenvalue weighted by Crippen LogP contribution is 2.24.